The van der Waals surface area contributed by atoms with E-state index in [1.54, 1.807) is 0 Å². The highest BCUT2D eigenvalue weighted by molar-refractivity contribution is 5.85. The third kappa shape index (κ3) is 4.31. The van der Waals surface area contributed by atoms with Crippen molar-refractivity contribution in [1.82, 2.24) is 5.32 Å². The van der Waals surface area contributed by atoms with E-state index < -0.39 is 6.41 Å². The lowest BCUT2D eigenvalue weighted by atomic mass is 10.2. The molecular formula is C8H12ClNO2. The van der Waals surface area contributed by atoms with Crippen LogP contribution in [0, 0.1) is 0 Å². The summed E-state index contributed by atoms with van der Waals surface area (Å²) in [5.41, 5.74) is 1.03. The molecule has 1 aromatic rings. The van der Waals surface area contributed by atoms with Crippen molar-refractivity contribution < 1.29 is 10.2 Å². The number of benzene rings is 1. The number of rotatable bonds is 3. The van der Waals surface area contributed by atoms with E-state index >= 15 is 0 Å². The first-order valence-corrected chi connectivity index (χ1v) is 3.42. The van der Waals surface area contributed by atoms with Crippen LogP contribution in [0.2, 0.25) is 0 Å². The van der Waals surface area contributed by atoms with Gasteiger partial charge in [0.1, 0.15) is 0 Å². The van der Waals surface area contributed by atoms with E-state index in [-0.39, 0.29) is 12.4 Å². The van der Waals surface area contributed by atoms with Crippen LogP contribution in [-0.4, -0.2) is 16.6 Å². The van der Waals surface area contributed by atoms with Gasteiger partial charge in [0.25, 0.3) is 0 Å². The van der Waals surface area contributed by atoms with Gasteiger partial charge < -0.3 is 10.2 Å². The first kappa shape index (κ1) is 11.4. The van der Waals surface area contributed by atoms with E-state index in [0.717, 1.165) is 5.56 Å². The highest BCUT2D eigenvalue weighted by Gasteiger charge is 1.94. The molecule has 0 saturated heterocycles. The molecule has 3 nitrogen and oxygen atoms in total. The summed E-state index contributed by atoms with van der Waals surface area (Å²) in [5.74, 6) is 0. The molecular weight excluding hydrogens is 178 g/mol. The van der Waals surface area contributed by atoms with E-state index in [0.29, 0.717) is 6.54 Å². The Morgan fingerprint density at radius 3 is 2.25 bits per heavy atom. The van der Waals surface area contributed by atoms with Gasteiger partial charge in [-0.2, -0.15) is 0 Å². The van der Waals surface area contributed by atoms with Gasteiger partial charge >= 0.3 is 0 Å². The van der Waals surface area contributed by atoms with Gasteiger partial charge in [-0.25, -0.2) is 0 Å². The van der Waals surface area contributed by atoms with Crippen molar-refractivity contribution in [3.05, 3.63) is 35.9 Å². The summed E-state index contributed by atoms with van der Waals surface area (Å²) in [6, 6.07) is 9.55. The van der Waals surface area contributed by atoms with Crippen LogP contribution in [0.1, 0.15) is 5.56 Å². The average Bonchev–Trinajstić information content (AvgIpc) is 2.03. The molecule has 0 unspecified atom stereocenters. The Morgan fingerprint density at radius 1 is 1.17 bits per heavy atom. The van der Waals surface area contributed by atoms with E-state index in [1.165, 1.54) is 0 Å². The van der Waals surface area contributed by atoms with Crippen LogP contribution in [0.15, 0.2) is 30.3 Å². The molecule has 0 radical (unpaired) electrons. The van der Waals surface area contributed by atoms with Gasteiger partial charge in [-0.3, -0.25) is 5.32 Å². The number of aliphatic hydroxyl groups excluding tert-OH is 1. The maximum atomic E-state index is 8.46. The summed E-state index contributed by atoms with van der Waals surface area (Å²) in [6.45, 7) is 0.471. The molecule has 0 aliphatic rings. The third-order valence-electron chi connectivity index (χ3n) is 1.33. The number of hydrogen-bond acceptors (Lipinski definition) is 3. The zero-order valence-electron chi connectivity index (χ0n) is 6.47. The first-order valence-electron chi connectivity index (χ1n) is 3.42. The van der Waals surface area contributed by atoms with E-state index in [2.05, 4.69) is 5.32 Å². The van der Waals surface area contributed by atoms with Gasteiger partial charge in [-0.15, -0.1) is 12.4 Å². The molecule has 0 atom stereocenters. The molecule has 0 aliphatic carbocycles. The molecule has 0 saturated carbocycles. The second-order valence-corrected chi connectivity index (χ2v) is 2.24. The molecule has 1 rings (SSSR count). The highest BCUT2D eigenvalue weighted by Crippen LogP contribution is 1.96. The summed E-state index contributed by atoms with van der Waals surface area (Å²) in [5, 5.41) is 19.4. The van der Waals surface area contributed by atoms with Crippen LogP contribution in [0.4, 0.5) is 0 Å². The van der Waals surface area contributed by atoms with Gasteiger partial charge in [0.2, 0.25) is 6.41 Å². The van der Waals surface area contributed by atoms with Gasteiger partial charge in [-0.05, 0) is 5.56 Å². The molecule has 1 aromatic carbocycles. The third-order valence-corrected chi connectivity index (χ3v) is 1.33. The Bertz CT molecular complexity index is 203. The minimum absolute atomic E-state index is 0. The summed E-state index contributed by atoms with van der Waals surface area (Å²) in [6.07, 6.45) is -1.43. The summed E-state index contributed by atoms with van der Waals surface area (Å²) in [4.78, 5) is 0. The van der Waals surface area contributed by atoms with Crippen LogP contribution in [0.5, 0.6) is 0 Å². The number of nitrogens with one attached hydrogen (secondary N) is 1. The number of aliphatic hydroxyl groups is 2. The van der Waals surface area contributed by atoms with Crippen molar-refractivity contribution in [3.63, 3.8) is 0 Å². The van der Waals surface area contributed by atoms with Crippen LogP contribution < -0.4 is 5.32 Å². The maximum absolute atomic E-state index is 8.46. The summed E-state index contributed by atoms with van der Waals surface area (Å²) < 4.78 is 0. The molecule has 0 spiro atoms. The van der Waals surface area contributed by atoms with Crippen molar-refractivity contribution in [2.24, 2.45) is 0 Å². The van der Waals surface area contributed by atoms with Crippen LogP contribution in [0.25, 0.3) is 0 Å². The molecule has 4 heteroatoms. The van der Waals surface area contributed by atoms with Gasteiger partial charge in [0.05, 0.1) is 0 Å². The quantitative estimate of drug-likeness (QED) is 0.606. The smallest absolute Gasteiger partial charge is 0.211 e. The zero-order valence-corrected chi connectivity index (χ0v) is 7.29. The Hall–Kier alpha value is -0.610. The highest BCUT2D eigenvalue weighted by atomic mass is 35.5. The van der Waals surface area contributed by atoms with E-state index in [4.69, 9.17) is 10.2 Å². The molecule has 0 heterocycles. The normalized spacial score (nSPS) is 9.58. The van der Waals surface area contributed by atoms with Crippen molar-refractivity contribution in [2.75, 3.05) is 0 Å². The lowest BCUT2D eigenvalue weighted by molar-refractivity contribution is -0.0671. The largest absolute Gasteiger partial charge is 0.356 e. The van der Waals surface area contributed by atoms with Crippen LogP contribution in [-0.2, 0) is 6.54 Å². The van der Waals surface area contributed by atoms with Gasteiger partial charge in [0.15, 0.2) is 0 Å². The average molecular weight is 190 g/mol. The first-order chi connectivity index (χ1) is 5.29. The topological polar surface area (TPSA) is 52.5 Å². The van der Waals surface area contributed by atoms with E-state index in [9.17, 15) is 0 Å². The number of halogens is 1. The predicted octanol–water partition coefficient (Wildman–Crippen LogP) is 0.466. The molecule has 0 bridgehead atoms. The fraction of sp³-hybridized carbons (Fsp3) is 0.250. The fourth-order valence-corrected chi connectivity index (χ4v) is 0.805. The Morgan fingerprint density at radius 2 is 1.75 bits per heavy atom. The zero-order chi connectivity index (χ0) is 8.10. The van der Waals surface area contributed by atoms with Crippen molar-refractivity contribution >= 4 is 12.4 Å². The SMILES string of the molecule is Cl.OC(O)NCc1ccccc1. The standard InChI is InChI=1S/C8H11NO2.ClH/c10-8(11)9-6-7-4-2-1-3-5-7;/h1-5,8-11H,6H2;1H. The van der Waals surface area contributed by atoms with E-state index in [1.807, 2.05) is 30.3 Å². The summed E-state index contributed by atoms with van der Waals surface area (Å²) in [7, 11) is 0. The predicted molar refractivity (Wildman–Crippen MR) is 48.8 cm³/mol. The van der Waals surface area contributed by atoms with Crippen molar-refractivity contribution in [2.45, 2.75) is 13.0 Å². The second-order valence-electron chi connectivity index (χ2n) is 2.24. The molecule has 0 aliphatic heterocycles. The van der Waals surface area contributed by atoms with Crippen LogP contribution >= 0.6 is 12.4 Å². The Kier molecular flexibility index (Phi) is 5.66. The van der Waals surface area contributed by atoms with Crippen molar-refractivity contribution in [1.29, 1.82) is 0 Å². The maximum Gasteiger partial charge on any atom is 0.211 e. The molecule has 0 aromatic heterocycles. The molecule has 12 heavy (non-hydrogen) atoms. The lowest BCUT2D eigenvalue weighted by Crippen LogP contribution is -2.27. The Labute approximate surface area is 77.5 Å². The van der Waals surface area contributed by atoms with Gasteiger partial charge in [-0.1, -0.05) is 30.3 Å². The monoisotopic (exact) mass is 189 g/mol. The van der Waals surface area contributed by atoms with Gasteiger partial charge in [0, 0.05) is 6.54 Å². The summed E-state index contributed by atoms with van der Waals surface area (Å²) >= 11 is 0. The Balaban J connectivity index is 0.00000121. The minimum Gasteiger partial charge on any atom is -0.356 e. The number of hydrogen-bond donors (Lipinski definition) is 3. The molecule has 68 valence electrons. The lowest BCUT2D eigenvalue weighted by Gasteiger charge is -2.05. The molecule has 0 amide bonds. The second kappa shape index (κ2) is 5.97. The molecule has 0 fully saturated rings. The van der Waals surface area contributed by atoms with Crippen molar-refractivity contribution in [3.8, 4) is 0 Å². The molecule has 3 N–H and O–H groups in total. The fourth-order valence-electron chi connectivity index (χ4n) is 0.805. The minimum atomic E-state index is -1.43. The van der Waals surface area contributed by atoms with Crippen LogP contribution in [0.3, 0.4) is 0 Å².